The number of benzene rings is 2. The second kappa shape index (κ2) is 9.23. The van der Waals surface area contributed by atoms with Crippen molar-refractivity contribution < 1.29 is 26.3 Å². The number of piperidine rings is 1. The lowest BCUT2D eigenvalue weighted by Crippen LogP contribution is -2.36. The lowest BCUT2D eigenvalue weighted by Gasteiger charge is -2.39. The number of hydrogen-bond donors (Lipinski definition) is 0. The quantitative estimate of drug-likeness (QED) is 0.429. The van der Waals surface area contributed by atoms with Crippen LogP contribution in [0.15, 0.2) is 42.5 Å². The molecule has 1 fully saturated rings. The normalized spacial score (nSPS) is 20.8. The number of alkyl halides is 6. The maximum absolute atomic E-state index is 13.6. The van der Waals surface area contributed by atoms with Gasteiger partial charge in [-0.3, -0.25) is 4.90 Å². The van der Waals surface area contributed by atoms with Crippen molar-refractivity contribution in [3.8, 4) is 0 Å². The van der Waals surface area contributed by atoms with Gasteiger partial charge >= 0.3 is 12.4 Å². The van der Waals surface area contributed by atoms with E-state index in [-0.39, 0.29) is 18.2 Å². The summed E-state index contributed by atoms with van der Waals surface area (Å²) in [6.07, 6.45) is -5.80. The van der Waals surface area contributed by atoms with Gasteiger partial charge in [-0.25, -0.2) is 0 Å². The minimum atomic E-state index is -4.45. The van der Waals surface area contributed by atoms with Crippen LogP contribution < -0.4 is 0 Å². The largest absolute Gasteiger partial charge is 0.416 e. The summed E-state index contributed by atoms with van der Waals surface area (Å²) in [6, 6.07) is 9.11. The highest BCUT2D eigenvalue weighted by Gasteiger charge is 2.36. The third-order valence-electron chi connectivity index (χ3n) is 5.99. The molecular formula is C24H27F6N. The molecule has 0 radical (unpaired) electrons. The highest BCUT2D eigenvalue weighted by molar-refractivity contribution is 5.35. The van der Waals surface area contributed by atoms with Gasteiger partial charge in [-0.15, -0.1) is 0 Å². The molecule has 3 rings (SSSR count). The van der Waals surface area contributed by atoms with E-state index in [9.17, 15) is 26.3 Å². The first kappa shape index (κ1) is 23.6. The first-order chi connectivity index (χ1) is 14.5. The summed E-state index contributed by atoms with van der Waals surface area (Å²) in [6.45, 7) is 4.76. The molecule has 0 unspecified atom stereocenters. The maximum atomic E-state index is 13.6. The first-order valence-corrected chi connectivity index (χ1v) is 10.6. The highest BCUT2D eigenvalue weighted by Crippen LogP contribution is 2.39. The van der Waals surface area contributed by atoms with Crippen molar-refractivity contribution >= 4 is 0 Å². The van der Waals surface area contributed by atoms with Gasteiger partial charge in [0.05, 0.1) is 11.1 Å². The topological polar surface area (TPSA) is 3.24 Å². The van der Waals surface area contributed by atoms with E-state index in [0.29, 0.717) is 30.9 Å². The average molecular weight is 443 g/mol. The van der Waals surface area contributed by atoms with Crippen molar-refractivity contribution in [3.05, 3.63) is 70.3 Å². The molecule has 1 heterocycles. The molecule has 170 valence electrons. The summed E-state index contributed by atoms with van der Waals surface area (Å²) in [4.78, 5) is 1.98. The van der Waals surface area contributed by atoms with Crippen molar-refractivity contribution in [1.82, 2.24) is 4.90 Å². The third kappa shape index (κ3) is 5.82. The van der Waals surface area contributed by atoms with Gasteiger partial charge in [-0.1, -0.05) is 44.5 Å². The van der Waals surface area contributed by atoms with Crippen LogP contribution in [0.5, 0.6) is 0 Å². The van der Waals surface area contributed by atoms with Crippen LogP contribution in [-0.4, -0.2) is 11.4 Å². The van der Waals surface area contributed by atoms with Crippen LogP contribution >= 0.6 is 0 Å². The molecule has 31 heavy (non-hydrogen) atoms. The smallest absolute Gasteiger partial charge is 0.292 e. The predicted molar refractivity (Wildman–Crippen MR) is 108 cm³/mol. The van der Waals surface area contributed by atoms with E-state index in [1.807, 2.05) is 11.8 Å². The first-order valence-electron chi connectivity index (χ1n) is 10.6. The van der Waals surface area contributed by atoms with Crippen LogP contribution in [0, 0.1) is 5.92 Å². The molecule has 1 nitrogen and oxygen atoms in total. The minimum absolute atomic E-state index is 0.116. The molecule has 0 N–H and O–H groups in total. The Hall–Kier alpha value is -2.02. The van der Waals surface area contributed by atoms with E-state index in [2.05, 4.69) is 6.92 Å². The van der Waals surface area contributed by atoms with Gasteiger partial charge in [0.2, 0.25) is 0 Å². The van der Waals surface area contributed by atoms with Crippen molar-refractivity contribution in [3.63, 3.8) is 0 Å². The van der Waals surface area contributed by atoms with Crippen molar-refractivity contribution in [2.24, 2.45) is 5.92 Å². The molecule has 0 saturated carbocycles. The summed E-state index contributed by atoms with van der Waals surface area (Å²) in [7, 11) is 0. The van der Waals surface area contributed by atoms with Crippen molar-refractivity contribution in [1.29, 1.82) is 0 Å². The fourth-order valence-electron chi connectivity index (χ4n) is 4.34. The standard InChI is InChI=1S/C24H27F6N/c1-3-4-17-5-10-21(24(28,29)30)19(14-17)15-31-12-11-16(2)13-22(31)18-6-8-20(9-7-18)23(25,26)27/h5-10,14,16,22H,3-4,11-13,15H2,1-2H3/t16-,22+/m0/s1. The summed E-state index contributed by atoms with van der Waals surface area (Å²) < 4.78 is 79.7. The van der Waals surface area contributed by atoms with Crippen LogP contribution in [0.25, 0.3) is 0 Å². The summed E-state index contributed by atoms with van der Waals surface area (Å²) in [5.74, 6) is 0.344. The Labute approximate surface area is 179 Å². The Bertz CT molecular complexity index is 869. The molecule has 1 aliphatic rings. The van der Waals surface area contributed by atoms with Gasteiger partial charge in [-0.05, 0) is 66.6 Å². The number of aryl methyl sites for hydroxylation is 1. The molecule has 0 aliphatic carbocycles. The Morgan fingerprint density at radius 1 is 0.935 bits per heavy atom. The Balaban J connectivity index is 1.92. The average Bonchev–Trinajstić information content (AvgIpc) is 2.68. The predicted octanol–water partition coefficient (Wildman–Crippen LogP) is 7.65. The molecule has 1 aliphatic heterocycles. The van der Waals surface area contributed by atoms with Crippen LogP contribution in [0.2, 0.25) is 0 Å². The van der Waals surface area contributed by atoms with Gasteiger partial charge in [0.25, 0.3) is 0 Å². The van der Waals surface area contributed by atoms with Crippen LogP contribution in [0.4, 0.5) is 26.3 Å². The van der Waals surface area contributed by atoms with Gasteiger partial charge in [0, 0.05) is 12.6 Å². The van der Waals surface area contributed by atoms with E-state index in [4.69, 9.17) is 0 Å². The van der Waals surface area contributed by atoms with E-state index < -0.39 is 23.5 Å². The molecule has 2 aromatic rings. The van der Waals surface area contributed by atoms with Gasteiger partial charge in [0.1, 0.15) is 0 Å². The fraction of sp³-hybridized carbons (Fsp3) is 0.500. The summed E-state index contributed by atoms with van der Waals surface area (Å²) in [5, 5.41) is 0. The number of nitrogens with zero attached hydrogens (tertiary/aromatic N) is 1. The number of halogens is 6. The second-order valence-corrected chi connectivity index (χ2v) is 8.47. The number of rotatable bonds is 5. The molecule has 7 heteroatoms. The number of hydrogen-bond acceptors (Lipinski definition) is 1. The van der Waals surface area contributed by atoms with Gasteiger partial charge < -0.3 is 0 Å². The maximum Gasteiger partial charge on any atom is 0.416 e. The third-order valence-corrected chi connectivity index (χ3v) is 5.99. The molecule has 0 bridgehead atoms. The fourth-order valence-corrected chi connectivity index (χ4v) is 4.34. The van der Waals surface area contributed by atoms with Crippen molar-refractivity contribution in [2.45, 2.75) is 64.5 Å². The summed E-state index contributed by atoms with van der Waals surface area (Å²) >= 11 is 0. The van der Waals surface area contributed by atoms with E-state index in [1.54, 1.807) is 6.07 Å². The molecular weight excluding hydrogens is 416 g/mol. The summed E-state index contributed by atoms with van der Waals surface area (Å²) in [5.41, 5.74) is 0.431. The SMILES string of the molecule is CCCc1ccc(C(F)(F)F)c(CN2CC[C@H](C)C[C@@H]2c2ccc(C(F)(F)F)cc2)c1. The molecule has 2 aromatic carbocycles. The Morgan fingerprint density at radius 3 is 2.19 bits per heavy atom. The zero-order valence-electron chi connectivity index (χ0n) is 17.7. The lowest BCUT2D eigenvalue weighted by atomic mass is 9.87. The molecule has 2 atom stereocenters. The van der Waals surface area contributed by atoms with Crippen LogP contribution in [-0.2, 0) is 25.3 Å². The lowest BCUT2D eigenvalue weighted by molar-refractivity contribution is -0.139. The van der Waals surface area contributed by atoms with Crippen molar-refractivity contribution in [2.75, 3.05) is 6.54 Å². The van der Waals surface area contributed by atoms with Gasteiger partial charge in [0.15, 0.2) is 0 Å². The zero-order chi connectivity index (χ0) is 22.8. The molecule has 0 aromatic heterocycles. The number of likely N-dealkylation sites (tertiary alicyclic amines) is 1. The van der Waals surface area contributed by atoms with Gasteiger partial charge in [-0.2, -0.15) is 26.3 Å². The molecule has 0 spiro atoms. The Kier molecular flexibility index (Phi) is 7.04. The second-order valence-electron chi connectivity index (χ2n) is 8.47. The molecule has 0 amide bonds. The van der Waals surface area contributed by atoms with Crippen LogP contribution in [0.1, 0.15) is 67.0 Å². The van der Waals surface area contributed by atoms with E-state index >= 15 is 0 Å². The zero-order valence-corrected chi connectivity index (χ0v) is 17.7. The van der Waals surface area contributed by atoms with Crippen LogP contribution in [0.3, 0.4) is 0 Å². The van der Waals surface area contributed by atoms with E-state index in [0.717, 1.165) is 36.6 Å². The highest BCUT2D eigenvalue weighted by atomic mass is 19.4. The Morgan fingerprint density at radius 2 is 1.61 bits per heavy atom. The molecule has 1 saturated heterocycles. The minimum Gasteiger partial charge on any atom is -0.292 e. The monoisotopic (exact) mass is 443 g/mol. The van der Waals surface area contributed by atoms with E-state index in [1.165, 1.54) is 18.2 Å².